The molecule has 0 radical (unpaired) electrons. The lowest BCUT2D eigenvalue weighted by Crippen LogP contribution is -2.32. The number of methoxy groups -OCH3 is 1. The summed E-state index contributed by atoms with van der Waals surface area (Å²) in [5.41, 5.74) is 1.55. The second-order valence-electron chi connectivity index (χ2n) is 6.09. The van der Waals surface area contributed by atoms with Crippen LogP contribution in [0.5, 0.6) is 17.2 Å². The maximum Gasteiger partial charge on any atom is 0.258 e. The molecule has 3 rings (SSSR count). The summed E-state index contributed by atoms with van der Waals surface area (Å²) in [6, 6.07) is 13.1. The lowest BCUT2D eigenvalue weighted by atomic mass is 10.1. The van der Waals surface area contributed by atoms with E-state index in [1.54, 1.807) is 25.3 Å². The first-order valence-corrected chi connectivity index (χ1v) is 8.78. The number of hydrogen-bond donors (Lipinski definition) is 1. The van der Waals surface area contributed by atoms with Crippen molar-refractivity contribution in [1.29, 1.82) is 0 Å². The lowest BCUT2D eigenvalue weighted by molar-refractivity contribution is -0.123. The largest absolute Gasteiger partial charge is 0.497 e. The number of halogens is 1. The van der Waals surface area contributed by atoms with Crippen LogP contribution in [0.1, 0.15) is 5.69 Å². The van der Waals surface area contributed by atoms with E-state index in [2.05, 4.69) is 10.3 Å². The van der Waals surface area contributed by atoms with Crippen molar-refractivity contribution in [3.63, 3.8) is 0 Å². The summed E-state index contributed by atoms with van der Waals surface area (Å²) < 4.78 is 29.4. The minimum absolute atomic E-state index is 0.143. The van der Waals surface area contributed by atoms with E-state index in [0.717, 1.165) is 16.6 Å². The Morgan fingerprint density at radius 2 is 1.96 bits per heavy atom. The van der Waals surface area contributed by atoms with Gasteiger partial charge >= 0.3 is 0 Å². The van der Waals surface area contributed by atoms with Crippen LogP contribution < -0.4 is 19.5 Å². The first-order chi connectivity index (χ1) is 13.5. The van der Waals surface area contributed by atoms with E-state index in [0.29, 0.717) is 17.2 Å². The Labute approximate surface area is 162 Å². The van der Waals surface area contributed by atoms with Gasteiger partial charge in [0.2, 0.25) is 0 Å². The second kappa shape index (κ2) is 9.03. The number of benzene rings is 2. The number of aryl methyl sites for hydroxylation is 1. The van der Waals surface area contributed by atoms with Gasteiger partial charge in [0.1, 0.15) is 29.7 Å². The van der Waals surface area contributed by atoms with Crippen molar-refractivity contribution in [2.45, 2.75) is 6.92 Å². The number of amides is 1. The fourth-order valence-electron chi connectivity index (χ4n) is 2.66. The van der Waals surface area contributed by atoms with Crippen molar-refractivity contribution in [3.05, 3.63) is 60.0 Å². The Morgan fingerprint density at radius 3 is 2.75 bits per heavy atom. The predicted octanol–water partition coefficient (Wildman–Crippen LogP) is 3.26. The zero-order chi connectivity index (χ0) is 19.9. The number of pyridine rings is 1. The summed E-state index contributed by atoms with van der Waals surface area (Å²) in [6.07, 6.45) is 0. The number of ether oxygens (including phenoxy) is 3. The van der Waals surface area contributed by atoms with Crippen molar-refractivity contribution < 1.29 is 23.4 Å². The molecule has 146 valence electrons. The van der Waals surface area contributed by atoms with Crippen molar-refractivity contribution >= 4 is 16.8 Å². The molecule has 1 amide bonds. The van der Waals surface area contributed by atoms with E-state index in [9.17, 15) is 9.18 Å². The van der Waals surface area contributed by atoms with Gasteiger partial charge < -0.3 is 19.5 Å². The standard InChI is InChI=1S/C21H21FN2O4/c1-14-10-20(18-12-16(26-2)6-7-19(18)24-14)28-13-21(25)23-8-9-27-17-5-3-4-15(22)11-17/h3-7,10-12H,8-9,13H2,1-2H3,(H,23,25). The van der Waals surface area contributed by atoms with Gasteiger partial charge in [-0.25, -0.2) is 4.39 Å². The molecule has 0 aliphatic rings. The summed E-state index contributed by atoms with van der Waals surface area (Å²) in [5, 5.41) is 3.47. The summed E-state index contributed by atoms with van der Waals surface area (Å²) in [5.74, 6) is 1.01. The zero-order valence-electron chi connectivity index (χ0n) is 15.7. The van der Waals surface area contributed by atoms with Gasteiger partial charge in [-0.05, 0) is 37.3 Å². The molecule has 0 unspecified atom stereocenters. The van der Waals surface area contributed by atoms with Crippen molar-refractivity contribution in [2.75, 3.05) is 26.9 Å². The molecule has 0 spiro atoms. The van der Waals surface area contributed by atoms with Crippen LogP contribution in [0.4, 0.5) is 4.39 Å². The molecule has 0 aliphatic carbocycles. The zero-order valence-corrected chi connectivity index (χ0v) is 15.7. The highest BCUT2D eigenvalue weighted by molar-refractivity contribution is 5.87. The number of aromatic nitrogens is 1. The topological polar surface area (TPSA) is 69.7 Å². The molecule has 0 aliphatic heterocycles. The average molecular weight is 384 g/mol. The van der Waals surface area contributed by atoms with Crippen LogP contribution >= 0.6 is 0 Å². The van der Waals surface area contributed by atoms with Crippen molar-refractivity contribution in [1.82, 2.24) is 10.3 Å². The molecule has 28 heavy (non-hydrogen) atoms. The Bertz CT molecular complexity index is 978. The fourth-order valence-corrected chi connectivity index (χ4v) is 2.66. The van der Waals surface area contributed by atoms with Crippen LogP contribution in [-0.2, 0) is 4.79 Å². The van der Waals surface area contributed by atoms with E-state index in [-0.39, 0.29) is 31.5 Å². The van der Waals surface area contributed by atoms with E-state index >= 15 is 0 Å². The average Bonchev–Trinajstić information content (AvgIpc) is 2.69. The molecule has 1 heterocycles. The normalized spacial score (nSPS) is 10.5. The first kappa shape index (κ1) is 19.4. The van der Waals surface area contributed by atoms with E-state index in [1.165, 1.54) is 12.1 Å². The molecular weight excluding hydrogens is 363 g/mol. The van der Waals surface area contributed by atoms with Crippen molar-refractivity contribution in [3.8, 4) is 17.2 Å². The molecule has 1 N–H and O–H groups in total. The molecular formula is C21H21FN2O4. The molecule has 3 aromatic rings. The van der Waals surface area contributed by atoms with Crippen molar-refractivity contribution in [2.24, 2.45) is 0 Å². The molecule has 0 fully saturated rings. The molecule has 0 saturated carbocycles. The fraction of sp³-hybridized carbons (Fsp3) is 0.238. The Kier molecular flexibility index (Phi) is 6.26. The number of fused-ring (bicyclic) bond motifs is 1. The maximum absolute atomic E-state index is 13.1. The van der Waals surface area contributed by atoms with E-state index < -0.39 is 0 Å². The van der Waals surface area contributed by atoms with Crippen LogP contribution in [0.15, 0.2) is 48.5 Å². The van der Waals surface area contributed by atoms with Crippen LogP contribution in [0.2, 0.25) is 0 Å². The summed E-state index contributed by atoms with van der Waals surface area (Å²) in [6.45, 7) is 2.22. The van der Waals surface area contributed by atoms with Gasteiger partial charge in [0.15, 0.2) is 6.61 Å². The number of nitrogens with zero attached hydrogens (tertiary/aromatic N) is 1. The summed E-state index contributed by atoms with van der Waals surface area (Å²) in [7, 11) is 1.59. The Balaban J connectivity index is 1.53. The first-order valence-electron chi connectivity index (χ1n) is 8.78. The van der Waals surface area contributed by atoms with Crippen LogP contribution in [0, 0.1) is 12.7 Å². The van der Waals surface area contributed by atoms with Gasteiger partial charge in [-0.1, -0.05) is 6.07 Å². The Morgan fingerprint density at radius 1 is 1.11 bits per heavy atom. The minimum atomic E-state index is -0.369. The maximum atomic E-state index is 13.1. The van der Waals surface area contributed by atoms with Crippen LogP contribution in [0.3, 0.4) is 0 Å². The molecule has 0 atom stereocenters. The number of nitrogens with one attached hydrogen (secondary N) is 1. The van der Waals surface area contributed by atoms with Gasteiger partial charge in [0, 0.05) is 23.2 Å². The van der Waals surface area contributed by atoms with Gasteiger partial charge in [0.25, 0.3) is 5.91 Å². The third-order valence-corrected chi connectivity index (χ3v) is 3.95. The Hall–Kier alpha value is -3.35. The monoisotopic (exact) mass is 384 g/mol. The molecule has 6 nitrogen and oxygen atoms in total. The molecule has 0 saturated heterocycles. The quantitative estimate of drug-likeness (QED) is 0.604. The highest BCUT2D eigenvalue weighted by atomic mass is 19.1. The van der Waals surface area contributed by atoms with Gasteiger partial charge in [-0.15, -0.1) is 0 Å². The number of rotatable bonds is 8. The van der Waals surface area contributed by atoms with Gasteiger partial charge in [-0.3, -0.25) is 9.78 Å². The van der Waals surface area contributed by atoms with Gasteiger partial charge in [0.05, 0.1) is 19.2 Å². The summed E-state index contributed by atoms with van der Waals surface area (Å²) >= 11 is 0. The van der Waals surface area contributed by atoms with Crippen LogP contribution in [0.25, 0.3) is 10.9 Å². The van der Waals surface area contributed by atoms with Gasteiger partial charge in [-0.2, -0.15) is 0 Å². The highest BCUT2D eigenvalue weighted by Crippen LogP contribution is 2.28. The third-order valence-electron chi connectivity index (χ3n) is 3.95. The summed E-state index contributed by atoms with van der Waals surface area (Å²) in [4.78, 5) is 16.5. The number of carbonyl (C=O) groups is 1. The number of hydrogen-bond acceptors (Lipinski definition) is 5. The molecule has 1 aromatic heterocycles. The predicted molar refractivity (Wildman–Crippen MR) is 103 cm³/mol. The highest BCUT2D eigenvalue weighted by Gasteiger charge is 2.09. The van der Waals surface area contributed by atoms with Crippen LogP contribution in [-0.4, -0.2) is 37.8 Å². The van der Waals surface area contributed by atoms with E-state index in [1.807, 2.05) is 25.1 Å². The molecule has 0 bridgehead atoms. The SMILES string of the molecule is COc1ccc2nc(C)cc(OCC(=O)NCCOc3cccc(F)c3)c2c1. The third kappa shape index (κ3) is 5.09. The van der Waals surface area contributed by atoms with E-state index in [4.69, 9.17) is 14.2 Å². The second-order valence-corrected chi connectivity index (χ2v) is 6.09. The smallest absolute Gasteiger partial charge is 0.258 e. The lowest BCUT2D eigenvalue weighted by Gasteiger charge is -2.12. The number of carbonyl (C=O) groups excluding carboxylic acids is 1. The molecule has 7 heteroatoms. The minimum Gasteiger partial charge on any atom is -0.497 e. The molecule has 2 aromatic carbocycles.